The van der Waals surface area contributed by atoms with Crippen molar-refractivity contribution in [2.45, 2.75) is 44.8 Å². The van der Waals surface area contributed by atoms with Crippen LogP contribution in [0.15, 0.2) is 67.0 Å². The van der Waals surface area contributed by atoms with Gasteiger partial charge < -0.3 is 9.64 Å². The van der Waals surface area contributed by atoms with E-state index in [-0.39, 0.29) is 12.2 Å². The van der Waals surface area contributed by atoms with Crippen LogP contribution >= 0.6 is 0 Å². The first kappa shape index (κ1) is 21.8. The molecule has 1 aliphatic heterocycles. The van der Waals surface area contributed by atoms with E-state index in [0.29, 0.717) is 11.5 Å². The molecular weight excluding hydrogens is 432 g/mol. The van der Waals surface area contributed by atoms with Gasteiger partial charge in [0.05, 0.1) is 29.4 Å². The molecule has 2 aliphatic rings. The van der Waals surface area contributed by atoms with Crippen LogP contribution in [0.25, 0.3) is 33.2 Å². The van der Waals surface area contributed by atoms with Gasteiger partial charge in [0, 0.05) is 47.6 Å². The number of pyridine rings is 2. The molecule has 5 heteroatoms. The summed E-state index contributed by atoms with van der Waals surface area (Å²) in [4.78, 5) is 12.1. The number of morpholine rings is 1. The van der Waals surface area contributed by atoms with Crippen LogP contribution in [-0.4, -0.2) is 35.3 Å². The first-order valence-corrected chi connectivity index (χ1v) is 12.4. The smallest absolute Gasteiger partial charge is 0.128 e. The maximum absolute atomic E-state index is 9.15. The van der Waals surface area contributed by atoms with Crippen LogP contribution in [0.3, 0.4) is 0 Å². The topological polar surface area (TPSA) is 62.0 Å². The van der Waals surface area contributed by atoms with Crippen LogP contribution in [0.4, 0.5) is 5.82 Å². The highest BCUT2D eigenvalue weighted by Gasteiger charge is 2.30. The monoisotopic (exact) mass is 460 g/mol. The summed E-state index contributed by atoms with van der Waals surface area (Å²) in [6.07, 6.45) is 6.86. The number of fused-ring (bicyclic) bond motifs is 1. The third kappa shape index (κ3) is 4.15. The number of rotatable bonds is 4. The zero-order valence-electron chi connectivity index (χ0n) is 20.1. The number of aromatic nitrogens is 2. The van der Waals surface area contributed by atoms with Gasteiger partial charge in [-0.05, 0) is 68.0 Å². The first-order valence-electron chi connectivity index (χ1n) is 12.4. The van der Waals surface area contributed by atoms with Crippen molar-refractivity contribution in [2.75, 3.05) is 18.0 Å². The van der Waals surface area contributed by atoms with Crippen molar-refractivity contribution in [3.63, 3.8) is 0 Å². The van der Waals surface area contributed by atoms with E-state index in [0.717, 1.165) is 41.1 Å². The lowest BCUT2D eigenvalue weighted by atomic mass is 9.92. The molecular formula is C30H28N4O. The average Bonchev–Trinajstić information content (AvgIpc) is 3.72. The van der Waals surface area contributed by atoms with Crippen LogP contribution < -0.4 is 4.90 Å². The fourth-order valence-electron chi connectivity index (χ4n) is 5.34. The fraction of sp³-hybridized carbons (Fsp3) is 0.300. The van der Waals surface area contributed by atoms with E-state index in [1.54, 1.807) is 0 Å². The zero-order chi connectivity index (χ0) is 23.9. The summed E-state index contributed by atoms with van der Waals surface area (Å²) in [7, 11) is 0. The second kappa shape index (κ2) is 8.79. The van der Waals surface area contributed by atoms with E-state index < -0.39 is 0 Å². The predicted molar refractivity (Wildman–Crippen MR) is 139 cm³/mol. The second-order valence-corrected chi connectivity index (χ2v) is 9.82. The van der Waals surface area contributed by atoms with Gasteiger partial charge in [-0.1, -0.05) is 30.3 Å². The molecule has 1 unspecified atom stereocenters. The van der Waals surface area contributed by atoms with Gasteiger partial charge in [0.2, 0.25) is 0 Å². The predicted octanol–water partition coefficient (Wildman–Crippen LogP) is 6.33. The zero-order valence-corrected chi connectivity index (χ0v) is 20.1. The number of nitrogens with zero attached hydrogens (tertiary/aromatic N) is 4. The Labute approximate surface area is 206 Å². The van der Waals surface area contributed by atoms with Crippen molar-refractivity contribution >= 4 is 16.7 Å². The highest BCUT2D eigenvalue weighted by atomic mass is 16.5. The van der Waals surface area contributed by atoms with E-state index in [9.17, 15) is 0 Å². The van der Waals surface area contributed by atoms with Gasteiger partial charge in [-0.3, -0.25) is 4.98 Å². The lowest BCUT2D eigenvalue weighted by Gasteiger charge is -2.36. The van der Waals surface area contributed by atoms with Gasteiger partial charge in [-0.2, -0.15) is 5.26 Å². The Bertz CT molecular complexity index is 1410. The summed E-state index contributed by atoms with van der Waals surface area (Å²) in [5, 5.41) is 10.4. The minimum Gasteiger partial charge on any atom is -0.372 e. The molecule has 2 aromatic heterocycles. The highest BCUT2D eigenvalue weighted by molar-refractivity contribution is 5.98. The number of anilines is 1. The minimum absolute atomic E-state index is 0.205. The van der Waals surface area contributed by atoms with E-state index in [1.807, 2.05) is 36.7 Å². The fourth-order valence-corrected chi connectivity index (χ4v) is 5.34. The molecule has 0 radical (unpaired) electrons. The summed E-state index contributed by atoms with van der Waals surface area (Å²) >= 11 is 0. The Morgan fingerprint density at radius 2 is 1.60 bits per heavy atom. The van der Waals surface area contributed by atoms with Crippen LogP contribution in [0.2, 0.25) is 0 Å². The molecule has 6 rings (SSSR count). The summed E-state index contributed by atoms with van der Waals surface area (Å²) in [6.45, 7) is 5.96. The van der Waals surface area contributed by atoms with E-state index in [4.69, 9.17) is 20.0 Å². The molecule has 2 atom stereocenters. The molecule has 0 spiro atoms. The standard InChI is InChI=1S/C30H28N4O/c1-19-17-34(18-20(2)35-19)28-13-12-24(15-32-28)27-16-33-30-25(22-8-6-21(14-31)7-9-22)4-3-5-26(30)29(27)23-10-11-23/h3-9,12-13,15-16,19-20,23H,10-11,17-18H2,1-2H3/t19-,20?/m0/s1. The molecule has 4 aromatic rings. The molecule has 35 heavy (non-hydrogen) atoms. The van der Waals surface area contributed by atoms with Gasteiger partial charge >= 0.3 is 0 Å². The molecule has 0 amide bonds. The molecule has 2 fully saturated rings. The van der Waals surface area contributed by atoms with E-state index >= 15 is 0 Å². The SMILES string of the molecule is CC1CN(c2ccc(-c3cnc4c(-c5ccc(C#N)cc5)cccc4c3C3CC3)cn2)C[C@H](C)O1. The molecule has 3 heterocycles. The Kier molecular flexibility index (Phi) is 5.47. The van der Waals surface area contributed by atoms with E-state index in [1.165, 1.54) is 29.4 Å². The number of para-hydroxylation sites is 1. The van der Waals surface area contributed by atoms with Gasteiger partial charge in [0.25, 0.3) is 0 Å². The minimum atomic E-state index is 0.205. The van der Waals surface area contributed by atoms with Crippen molar-refractivity contribution in [2.24, 2.45) is 0 Å². The third-order valence-electron chi connectivity index (χ3n) is 7.05. The number of ether oxygens (including phenoxy) is 1. The summed E-state index contributed by atoms with van der Waals surface area (Å²) in [5.74, 6) is 1.56. The summed E-state index contributed by atoms with van der Waals surface area (Å²) in [5.41, 5.74) is 7.54. The largest absolute Gasteiger partial charge is 0.372 e. The molecule has 2 aromatic carbocycles. The second-order valence-electron chi connectivity index (χ2n) is 9.82. The Morgan fingerprint density at radius 3 is 2.26 bits per heavy atom. The number of nitriles is 1. The molecule has 174 valence electrons. The van der Waals surface area contributed by atoms with Gasteiger partial charge in [-0.25, -0.2) is 4.98 Å². The van der Waals surface area contributed by atoms with Crippen LogP contribution in [0.1, 0.15) is 43.7 Å². The summed E-state index contributed by atoms with van der Waals surface area (Å²) < 4.78 is 5.88. The van der Waals surface area contributed by atoms with Gasteiger partial charge in [0.1, 0.15) is 5.82 Å². The molecule has 0 N–H and O–H groups in total. The Hall–Kier alpha value is -3.75. The van der Waals surface area contributed by atoms with Crippen LogP contribution in [0.5, 0.6) is 0 Å². The average molecular weight is 461 g/mol. The van der Waals surface area contributed by atoms with Crippen molar-refractivity contribution < 1.29 is 4.74 Å². The molecule has 0 bridgehead atoms. The van der Waals surface area contributed by atoms with Crippen LogP contribution in [0, 0.1) is 11.3 Å². The van der Waals surface area contributed by atoms with E-state index in [2.05, 4.69) is 55.1 Å². The molecule has 5 nitrogen and oxygen atoms in total. The number of hydrogen-bond donors (Lipinski definition) is 0. The molecule has 1 saturated heterocycles. The first-order chi connectivity index (χ1) is 17.1. The van der Waals surface area contributed by atoms with Crippen molar-refractivity contribution in [1.29, 1.82) is 5.26 Å². The maximum Gasteiger partial charge on any atom is 0.128 e. The van der Waals surface area contributed by atoms with Gasteiger partial charge in [0.15, 0.2) is 0 Å². The Balaban J connectivity index is 1.40. The van der Waals surface area contributed by atoms with Crippen molar-refractivity contribution in [1.82, 2.24) is 9.97 Å². The number of benzene rings is 2. The highest BCUT2D eigenvalue weighted by Crippen LogP contribution is 2.48. The van der Waals surface area contributed by atoms with Crippen LogP contribution in [-0.2, 0) is 4.74 Å². The lowest BCUT2D eigenvalue weighted by Crippen LogP contribution is -2.45. The quantitative estimate of drug-likeness (QED) is 0.356. The molecule has 1 aliphatic carbocycles. The Morgan fingerprint density at radius 1 is 0.857 bits per heavy atom. The van der Waals surface area contributed by atoms with Crippen molar-refractivity contribution in [3.05, 3.63) is 78.1 Å². The summed E-state index contributed by atoms with van der Waals surface area (Å²) in [6, 6.07) is 20.7. The van der Waals surface area contributed by atoms with Gasteiger partial charge in [-0.15, -0.1) is 0 Å². The third-order valence-corrected chi connectivity index (χ3v) is 7.05. The number of hydrogen-bond acceptors (Lipinski definition) is 5. The normalized spacial score (nSPS) is 20.1. The maximum atomic E-state index is 9.15. The molecule has 1 saturated carbocycles. The van der Waals surface area contributed by atoms with Crippen molar-refractivity contribution in [3.8, 4) is 28.3 Å². The lowest BCUT2D eigenvalue weighted by molar-refractivity contribution is -0.00545.